The van der Waals surface area contributed by atoms with Gasteiger partial charge in [-0.3, -0.25) is 4.79 Å². The summed E-state index contributed by atoms with van der Waals surface area (Å²) in [7, 11) is 0. The van der Waals surface area contributed by atoms with Crippen molar-refractivity contribution in [3.63, 3.8) is 0 Å². The molecule has 3 nitrogen and oxygen atoms in total. The van der Waals surface area contributed by atoms with E-state index in [1.807, 2.05) is 30.3 Å². The van der Waals surface area contributed by atoms with Gasteiger partial charge in [0.05, 0.1) is 6.42 Å². The minimum atomic E-state index is -0.831. The minimum Gasteiger partial charge on any atom is -0.481 e. The lowest BCUT2D eigenvalue weighted by Gasteiger charge is -2.15. The van der Waals surface area contributed by atoms with Crippen molar-refractivity contribution >= 4 is 5.97 Å². The lowest BCUT2D eigenvalue weighted by atomic mass is 9.93. The van der Waals surface area contributed by atoms with Gasteiger partial charge in [0.15, 0.2) is 0 Å². The SMILES string of the molecule is C[C@H](C[C@H](N)CC(=O)O)c1ccccc1. The summed E-state index contributed by atoms with van der Waals surface area (Å²) in [6.45, 7) is 2.07. The molecule has 1 rings (SSSR count). The van der Waals surface area contributed by atoms with Crippen molar-refractivity contribution < 1.29 is 9.90 Å². The quantitative estimate of drug-likeness (QED) is 0.776. The van der Waals surface area contributed by atoms with Gasteiger partial charge in [0.1, 0.15) is 0 Å². The van der Waals surface area contributed by atoms with E-state index in [1.165, 1.54) is 5.56 Å². The van der Waals surface area contributed by atoms with E-state index in [4.69, 9.17) is 10.8 Å². The van der Waals surface area contributed by atoms with E-state index < -0.39 is 5.97 Å². The van der Waals surface area contributed by atoms with Crippen LogP contribution >= 0.6 is 0 Å². The van der Waals surface area contributed by atoms with Crippen LogP contribution in [0.25, 0.3) is 0 Å². The fourth-order valence-electron chi connectivity index (χ4n) is 1.68. The van der Waals surface area contributed by atoms with Gasteiger partial charge in [0.2, 0.25) is 0 Å². The number of benzene rings is 1. The largest absolute Gasteiger partial charge is 0.481 e. The highest BCUT2D eigenvalue weighted by atomic mass is 16.4. The minimum absolute atomic E-state index is 0.0389. The van der Waals surface area contributed by atoms with Crippen LogP contribution in [0, 0.1) is 0 Å². The van der Waals surface area contributed by atoms with Gasteiger partial charge >= 0.3 is 5.97 Å². The molecule has 0 heterocycles. The fraction of sp³-hybridized carbons (Fsp3) is 0.417. The molecule has 0 saturated carbocycles. The van der Waals surface area contributed by atoms with Crippen LogP contribution in [0.2, 0.25) is 0 Å². The Morgan fingerprint density at radius 3 is 2.53 bits per heavy atom. The van der Waals surface area contributed by atoms with Crippen LogP contribution in [0.3, 0.4) is 0 Å². The Balaban J connectivity index is 2.49. The molecule has 0 aliphatic rings. The van der Waals surface area contributed by atoms with Crippen molar-refractivity contribution in [2.24, 2.45) is 5.73 Å². The molecule has 0 amide bonds. The van der Waals surface area contributed by atoms with Crippen LogP contribution in [0.1, 0.15) is 31.2 Å². The predicted octanol–water partition coefficient (Wildman–Crippen LogP) is 1.98. The van der Waals surface area contributed by atoms with Crippen molar-refractivity contribution in [2.75, 3.05) is 0 Å². The second-order valence-corrected chi connectivity index (χ2v) is 3.91. The molecular formula is C12H17NO2. The number of carboxylic acid groups (broad SMARTS) is 1. The average molecular weight is 207 g/mol. The highest BCUT2D eigenvalue weighted by Gasteiger charge is 2.13. The molecule has 0 aliphatic heterocycles. The second-order valence-electron chi connectivity index (χ2n) is 3.91. The predicted molar refractivity (Wildman–Crippen MR) is 59.7 cm³/mol. The number of rotatable bonds is 5. The summed E-state index contributed by atoms with van der Waals surface area (Å²) in [5.41, 5.74) is 6.94. The molecule has 0 unspecified atom stereocenters. The van der Waals surface area contributed by atoms with Crippen LogP contribution in [0.5, 0.6) is 0 Å². The Morgan fingerprint density at radius 1 is 1.40 bits per heavy atom. The van der Waals surface area contributed by atoms with Gasteiger partial charge in [-0.05, 0) is 17.9 Å². The van der Waals surface area contributed by atoms with E-state index in [0.29, 0.717) is 12.3 Å². The first-order valence-corrected chi connectivity index (χ1v) is 5.12. The summed E-state index contributed by atoms with van der Waals surface area (Å²) in [5.74, 6) is -0.525. The molecule has 0 aromatic heterocycles. The number of nitrogens with two attached hydrogens (primary N) is 1. The molecule has 0 aliphatic carbocycles. The summed E-state index contributed by atoms with van der Waals surface area (Å²) in [6, 6.07) is 9.74. The van der Waals surface area contributed by atoms with Crippen molar-refractivity contribution in [1.29, 1.82) is 0 Å². The molecule has 2 atom stereocenters. The van der Waals surface area contributed by atoms with Crippen LogP contribution in [0.4, 0.5) is 0 Å². The van der Waals surface area contributed by atoms with E-state index in [0.717, 1.165) is 0 Å². The average Bonchev–Trinajstić information content (AvgIpc) is 2.17. The molecule has 0 saturated heterocycles. The van der Waals surface area contributed by atoms with Gasteiger partial charge in [0, 0.05) is 6.04 Å². The van der Waals surface area contributed by atoms with E-state index in [1.54, 1.807) is 0 Å². The zero-order valence-electron chi connectivity index (χ0n) is 8.89. The Kier molecular flexibility index (Phi) is 4.31. The van der Waals surface area contributed by atoms with E-state index in [9.17, 15) is 4.79 Å². The first kappa shape index (κ1) is 11.7. The van der Waals surface area contributed by atoms with Crippen molar-refractivity contribution in [3.8, 4) is 0 Å². The molecule has 0 bridgehead atoms. The molecule has 82 valence electrons. The standard InChI is InChI=1S/C12H17NO2/c1-9(7-11(13)8-12(14)15)10-5-3-2-4-6-10/h2-6,9,11H,7-8,13H2,1H3,(H,14,15)/t9-,11+/m1/s1. The zero-order chi connectivity index (χ0) is 11.3. The first-order valence-electron chi connectivity index (χ1n) is 5.12. The maximum absolute atomic E-state index is 10.4. The van der Waals surface area contributed by atoms with Gasteiger partial charge in [-0.2, -0.15) is 0 Å². The van der Waals surface area contributed by atoms with E-state index >= 15 is 0 Å². The third-order valence-electron chi connectivity index (χ3n) is 2.46. The lowest BCUT2D eigenvalue weighted by Crippen LogP contribution is -2.25. The van der Waals surface area contributed by atoms with Crippen molar-refractivity contribution in [3.05, 3.63) is 35.9 Å². The Bertz CT molecular complexity index is 311. The third-order valence-corrected chi connectivity index (χ3v) is 2.46. The maximum atomic E-state index is 10.4. The number of carboxylic acids is 1. The zero-order valence-corrected chi connectivity index (χ0v) is 8.89. The second kappa shape index (κ2) is 5.51. The summed E-state index contributed by atoms with van der Waals surface area (Å²) in [6.07, 6.45) is 0.744. The normalized spacial score (nSPS) is 14.5. The van der Waals surface area contributed by atoms with E-state index in [-0.39, 0.29) is 12.5 Å². The maximum Gasteiger partial charge on any atom is 0.304 e. The van der Waals surface area contributed by atoms with Crippen LogP contribution < -0.4 is 5.73 Å². The molecule has 3 heteroatoms. The molecule has 0 fully saturated rings. The Morgan fingerprint density at radius 2 is 2.00 bits per heavy atom. The summed E-state index contributed by atoms with van der Waals surface area (Å²) in [5, 5.41) is 8.59. The highest BCUT2D eigenvalue weighted by Crippen LogP contribution is 2.20. The lowest BCUT2D eigenvalue weighted by molar-refractivity contribution is -0.137. The Hall–Kier alpha value is -1.35. The molecule has 15 heavy (non-hydrogen) atoms. The molecular weight excluding hydrogens is 190 g/mol. The third kappa shape index (κ3) is 4.13. The number of hydrogen-bond acceptors (Lipinski definition) is 2. The summed E-state index contributed by atoms with van der Waals surface area (Å²) < 4.78 is 0. The van der Waals surface area contributed by atoms with Crippen LogP contribution in [0.15, 0.2) is 30.3 Å². The summed E-state index contributed by atoms with van der Waals surface area (Å²) >= 11 is 0. The number of hydrogen-bond donors (Lipinski definition) is 2. The topological polar surface area (TPSA) is 63.3 Å². The highest BCUT2D eigenvalue weighted by molar-refractivity contribution is 5.67. The molecule has 0 radical (unpaired) electrons. The summed E-state index contributed by atoms with van der Waals surface area (Å²) in [4.78, 5) is 10.4. The fourth-order valence-corrected chi connectivity index (χ4v) is 1.68. The van der Waals surface area contributed by atoms with Gasteiger partial charge < -0.3 is 10.8 Å². The van der Waals surface area contributed by atoms with Gasteiger partial charge in [-0.15, -0.1) is 0 Å². The first-order chi connectivity index (χ1) is 7.09. The Labute approximate surface area is 89.9 Å². The van der Waals surface area contributed by atoms with Gasteiger partial charge in [0.25, 0.3) is 0 Å². The van der Waals surface area contributed by atoms with Crippen LogP contribution in [-0.2, 0) is 4.79 Å². The van der Waals surface area contributed by atoms with Gasteiger partial charge in [-0.1, -0.05) is 37.3 Å². The monoisotopic (exact) mass is 207 g/mol. The molecule has 1 aromatic rings. The van der Waals surface area contributed by atoms with E-state index in [2.05, 4.69) is 6.92 Å². The molecule has 1 aromatic carbocycles. The van der Waals surface area contributed by atoms with Gasteiger partial charge in [-0.25, -0.2) is 0 Å². The molecule has 0 spiro atoms. The molecule has 3 N–H and O–H groups in total. The number of carbonyl (C=O) groups is 1. The van der Waals surface area contributed by atoms with Crippen molar-refractivity contribution in [2.45, 2.75) is 31.7 Å². The van der Waals surface area contributed by atoms with Crippen LogP contribution in [-0.4, -0.2) is 17.1 Å². The smallest absolute Gasteiger partial charge is 0.304 e. The number of aliphatic carboxylic acids is 1. The van der Waals surface area contributed by atoms with Crippen molar-refractivity contribution in [1.82, 2.24) is 0 Å².